The molecule has 148 valence electrons. The van der Waals surface area contributed by atoms with Crippen molar-refractivity contribution in [1.82, 2.24) is 9.88 Å². The van der Waals surface area contributed by atoms with E-state index in [-0.39, 0.29) is 5.91 Å². The molecule has 0 radical (unpaired) electrons. The maximum Gasteiger partial charge on any atom is 0.253 e. The summed E-state index contributed by atoms with van der Waals surface area (Å²) in [7, 11) is 0. The molecule has 0 unspecified atom stereocenters. The van der Waals surface area contributed by atoms with Gasteiger partial charge < -0.3 is 4.90 Å². The van der Waals surface area contributed by atoms with Crippen LogP contribution in [0, 0.1) is 17.2 Å². The van der Waals surface area contributed by atoms with Gasteiger partial charge in [-0.1, -0.05) is 44.4 Å². The topological polar surface area (TPSA) is 57.0 Å². The van der Waals surface area contributed by atoms with Crippen LogP contribution in [0.2, 0.25) is 0 Å². The first kappa shape index (κ1) is 19.6. The molecule has 4 nitrogen and oxygen atoms in total. The van der Waals surface area contributed by atoms with Crippen molar-refractivity contribution in [3.63, 3.8) is 0 Å². The third kappa shape index (κ3) is 4.18. The Morgan fingerprint density at radius 2 is 2.03 bits per heavy atom. The SMILES string of the molecule is CCCCC1CCN(C(=O)c2ccc3nc(-c4ccccc4C#N)sc3c2)CC1. The first-order chi connectivity index (χ1) is 14.2. The number of nitrogens with zero attached hydrogens (tertiary/aromatic N) is 3. The molecule has 5 heteroatoms. The fourth-order valence-electron chi connectivity index (χ4n) is 4.04. The first-order valence-corrected chi connectivity index (χ1v) is 11.2. The summed E-state index contributed by atoms with van der Waals surface area (Å²) >= 11 is 1.53. The molecule has 1 amide bonds. The average Bonchev–Trinajstić information content (AvgIpc) is 3.20. The van der Waals surface area contributed by atoms with E-state index in [0.29, 0.717) is 5.56 Å². The Hall–Kier alpha value is -2.71. The minimum atomic E-state index is 0.119. The number of likely N-dealkylation sites (tertiary alicyclic amines) is 1. The Balaban J connectivity index is 1.52. The number of nitriles is 1. The number of amides is 1. The van der Waals surface area contributed by atoms with Crippen molar-refractivity contribution < 1.29 is 4.79 Å². The van der Waals surface area contributed by atoms with Gasteiger partial charge in [-0.2, -0.15) is 5.26 Å². The molecular formula is C24H25N3OS. The fourth-order valence-corrected chi connectivity index (χ4v) is 5.08. The van der Waals surface area contributed by atoms with Gasteiger partial charge in [-0.25, -0.2) is 4.98 Å². The van der Waals surface area contributed by atoms with E-state index in [1.807, 2.05) is 41.3 Å². The van der Waals surface area contributed by atoms with Gasteiger partial charge in [0.15, 0.2) is 0 Å². The Bertz CT molecular complexity index is 1060. The summed E-state index contributed by atoms with van der Waals surface area (Å²) in [4.78, 5) is 19.7. The summed E-state index contributed by atoms with van der Waals surface area (Å²) in [6.07, 6.45) is 6.05. The van der Waals surface area contributed by atoms with Crippen LogP contribution in [-0.4, -0.2) is 28.9 Å². The van der Waals surface area contributed by atoms with Crippen LogP contribution in [0.3, 0.4) is 0 Å². The minimum absolute atomic E-state index is 0.119. The van der Waals surface area contributed by atoms with E-state index in [1.165, 1.54) is 30.6 Å². The molecule has 1 aliphatic heterocycles. The zero-order chi connectivity index (χ0) is 20.2. The number of benzene rings is 2. The van der Waals surface area contributed by atoms with E-state index in [9.17, 15) is 10.1 Å². The fraction of sp³-hybridized carbons (Fsp3) is 0.375. The van der Waals surface area contributed by atoms with Gasteiger partial charge in [0.25, 0.3) is 5.91 Å². The van der Waals surface area contributed by atoms with Crippen LogP contribution in [0.25, 0.3) is 20.8 Å². The normalized spacial score (nSPS) is 14.8. The molecule has 2 heterocycles. The number of thiazole rings is 1. The molecule has 0 spiro atoms. The summed E-state index contributed by atoms with van der Waals surface area (Å²) in [6, 6.07) is 15.5. The van der Waals surface area contributed by atoms with E-state index in [0.717, 1.165) is 58.2 Å². The summed E-state index contributed by atoms with van der Waals surface area (Å²) in [5.74, 6) is 0.888. The molecule has 0 atom stereocenters. The average molecular weight is 404 g/mol. The minimum Gasteiger partial charge on any atom is -0.339 e. The first-order valence-electron chi connectivity index (χ1n) is 10.4. The highest BCUT2D eigenvalue weighted by Crippen LogP contribution is 2.33. The lowest BCUT2D eigenvalue weighted by atomic mass is 9.91. The van der Waals surface area contributed by atoms with Gasteiger partial charge >= 0.3 is 0 Å². The third-order valence-corrected chi connectivity index (χ3v) is 6.83. The molecule has 0 bridgehead atoms. The van der Waals surface area contributed by atoms with Gasteiger partial charge in [0, 0.05) is 24.2 Å². The second-order valence-corrected chi connectivity index (χ2v) is 8.77. The molecule has 0 saturated carbocycles. The molecule has 2 aromatic carbocycles. The number of unbranched alkanes of at least 4 members (excludes halogenated alkanes) is 1. The molecule has 0 N–H and O–H groups in total. The number of rotatable bonds is 5. The molecule has 3 aromatic rings. The zero-order valence-corrected chi connectivity index (χ0v) is 17.5. The van der Waals surface area contributed by atoms with E-state index in [4.69, 9.17) is 0 Å². The van der Waals surface area contributed by atoms with Crippen LogP contribution >= 0.6 is 11.3 Å². The van der Waals surface area contributed by atoms with Gasteiger partial charge in [0.05, 0.1) is 21.8 Å². The highest BCUT2D eigenvalue weighted by molar-refractivity contribution is 7.21. The Morgan fingerprint density at radius 3 is 2.79 bits per heavy atom. The third-order valence-electron chi connectivity index (χ3n) is 5.78. The molecule has 1 saturated heterocycles. The van der Waals surface area contributed by atoms with Crippen LogP contribution in [0.15, 0.2) is 42.5 Å². The molecule has 0 aliphatic carbocycles. The predicted molar refractivity (Wildman–Crippen MR) is 118 cm³/mol. The van der Waals surface area contributed by atoms with E-state index < -0.39 is 0 Å². The number of hydrogen-bond acceptors (Lipinski definition) is 4. The monoisotopic (exact) mass is 403 g/mol. The number of hydrogen-bond donors (Lipinski definition) is 0. The van der Waals surface area contributed by atoms with Crippen molar-refractivity contribution in [3.05, 3.63) is 53.6 Å². The smallest absolute Gasteiger partial charge is 0.253 e. The van der Waals surface area contributed by atoms with Crippen molar-refractivity contribution in [2.45, 2.75) is 39.0 Å². The van der Waals surface area contributed by atoms with Gasteiger partial charge in [0.2, 0.25) is 0 Å². The predicted octanol–water partition coefficient (Wildman–Crippen LogP) is 5.88. The number of carbonyl (C=O) groups is 1. The standard InChI is InChI=1S/C24H25N3OS/c1-2-3-6-17-11-13-27(14-12-17)24(28)18-9-10-21-22(15-18)29-23(26-21)20-8-5-4-7-19(20)16-25/h4-5,7-10,15,17H,2-3,6,11-14H2,1H3. The van der Waals surface area contributed by atoms with E-state index >= 15 is 0 Å². The van der Waals surface area contributed by atoms with E-state index in [2.05, 4.69) is 18.0 Å². The number of aromatic nitrogens is 1. The molecular weight excluding hydrogens is 378 g/mol. The largest absolute Gasteiger partial charge is 0.339 e. The van der Waals surface area contributed by atoms with Crippen molar-refractivity contribution in [1.29, 1.82) is 5.26 Å². The van der Waals surface area contributed by atoms with Crippen molar-refractivity contribution >= 4 is 27.5 Å². The number of fused-ring (bicyclic) bond motifs is 1. The molecule has 1 aromatic heterocycles. The van der Waals surface area contributed by atoms with Gasteiger partial charge in [0.1, 0.15) is 5.01 Å². The molecule has 1 fully saturated rings. The molecule has 4 rings (SSSR count). The lowest BCUT2D eigenvalue weighted by Gasteiger charge is -2.32. The highest BCUT2D eigenvalue weighted by atomic mass is 32.1. The zero-order valence-electron chi connectivity index (χ0n) is 16.7. The lowest BCUT2D eigenvalue weighted by molar-refractivity contribution is 0.0686. The summed E-state index contributed by atoms with van der Waals surface area (Å²) in [6.45, 7) is 3.95. The summed E-state index contributed by atoms with van der Waals surface area (Å²) < 4.78 is 0.983. The van der Waals surface area contributed by atoms with Crippen molar-refractivity contribution in [2.24, 2.45) is 5.92 Å². The van der Waals surface area contributed by atoms with Gasteiger partial charge in [-0.3, -0.25) is 4.79 Å². The molecule has 29 heavy (non-hydrogen) atoms. The van der Waals surface area contributed by atoms with Crippen LogP contribution in [0.5, 0.6) is 0 Å². The second-order valence-electron chi connectivity index (χ2n) is 7.74. The number of carbonyl (C=O) groups excluding carboxylic acids is 1. The Kier molecular flexibility index (Phi) is 5.92. The maximum absolute atomic E-state index is 13.0. The maximum atomic E-state index is 13.0. The van der Waals surface area contributed by atoms with E-state index in [1.54, 1.807) is 6.07 Å². The van der Waals surface area contributed by atoms with Gasteiger partial charge in [-0.05, 0) is 43.0 Å². The highest BCUT2D eigenvalue weighted by Gasteiger charge is 2.23. The van der Waals surface area contributed by atoms with Crippen molar-refractivity contribution in [3.8, 4) is 16.6 Å². The number of piperidine rings is 1. The van der Waals surface area contributed by atoms with Crippen LogP contribution in [-0.2, 0) is 0 Å². The molecule has 1 aliphatic rings. The summed E-state index contributed by atoms with van der Waals surface area (Å²) in [5, 5.41) is 10.2. The summed E-state index contributed by atoms with van der Waals surface area (Å²) in [5.41, 5.74) is 3.06. The van der Waals surface area contributed by atoms with Gasteiger partial charge in [-0.15, -0.1) is 11.3 Å². The Labute approximate surface area is 175 Å². The quantitative estimate of drug-likeness (QED) is 0.535. The van der Waals surface area contributed by atoms with Crippen LogP contribution in [0.4, 0.5) is 0 Å². The van der Waals surface area contributed by atoms with Crippen molar-refractivity contribution in [2.75, 3.05) is 13.1 Å². The van der Waals surface area contributed by atoms with Crippen LogP contribution in [0.1, 0.15) is 54.9 Å². The Morgan fingerprint density at radius 1 is 1.24 bits per heavy atom. The van der Waals surface area contributed by atoms with Crippen LogP contribution < -0.4 is 0 Å². The second kappa shape index (κ2) is 8.75. The lowest BCUT2D eigenvalue weighted by Crippen LogP contribution is -2.38.